The van der Waals surface area contributed by atoms with E-state index < -0.39 is 0 Å². The third-order valence-corrected chi connectivity index (χ3v) is 3.51. The van der Waals surface area contributed by atoms with E-state index in [-0.39, 0.29) is 5.41 Å². The number of aromatic nitrogens is 3. The fourth-order valence-corrected chi connectivity index (χ4v) is 2.81. The van der Waals surface area contributed by atoms with Crippen molar-refractivity contribution in [2.24, 2.45) is 0 Å². The summed E-state index contributed by atoms with van der Waals surface area (Å²) in [7, 11) is 0. The molecule has 0 aliphatic carbocycles. The second-order valence-electron chi connectivity index (χ2n) is 4.97. The van der Waals surface area contributed by atoms with Gasteiger partial charge in [0.15, 0.2) is 0 Å². The molecule has 2 rings (SSSR count). The first-order valence-electron chi connectivity index (χ1n) is 5.66. The topological polar surface area (TPSA) is 62.5 Å². The van der Waals surface area contributed by atoms with Gasteiger partial charge in [0.2, 0.25) is 0 Å². The minimum absolute atomic E-state index is 0.0663. The Morgan fingerprint density at radius 2 is 2.11 bits per heavy atom. The zero-order chi connectivity index (χ0) is 13.2. The maximum atomic E-state index is 8.89. The first kappa shape index (κ1) is 12.7. The van der Waals surface area contributed by atoms with Crippen LogP contribution in [0.15, 0.2) is 18.6 Å². The number of rotatable bonds is 2. The zero-order valence-electron chi connectivity index (χ0n) is 10.6. The van der Waals surface area contributed by atoms with E-state index in [0.717, 1.165) is 21.3 Å². The molecule has 2 aromatic rings. The largest absolute Gasteiger partial charge is 0.261 e. The molecule has 92 valence electrons. The molecule has 0 amide bonds. The molecule has 0 aliphatic heterocycles. The summed E-state index contributed by atoms with van der Waals surface area (Å²) < 4.78 is 0. The van der Waals surface area contributed by atoms with E-state index in [1.165, 1.54) is 11.3 Å². The van der Waals surface area contributed by atoms with Crippen LogP contribution in [0.3, 0.4) is 0 Å². The zero-order valence-corrected chi connectivity index (χ0v) is 11.5. The van der Waals surface area contributed by atoms with Gasteiger partial charge in [0.25, 0.3) is 0 Å². The molecule has 0 saturated heterocycles. The van der Waals surface area contributed by atoms with Gasteiger partial charge in [-0.15, -0.1) is 11.3 Å². The lowest BCUT2D eigenvalue weighted by atomic mass is 9.91. The molecule has 0 fully saturated rings. The molecular weight excluding hydrogens is 244 g/mol. The molecule has 0 unspecified atom stereocenters. The smallest absolute Gasteiger partial charge is 0.144 e. The van der Waals surface area contributed by atoms with Gasteiger partial charge in [0.05, 0.1) is 24.4 Å². The molecule has 0 radical (unpaired) electrons. The maximum Gasteiger partial charge on any atom is 0.144 e. The van der Waals surface area contributed by atoms with Crippen molar-refractivity contribution in [3.05, 3.63) is 29.2 Å². The quantitative estimate of drug-likeness (QED) is 0.830. The minimum atomic E-state index is -0.0663. The molecule has 0 spiro atoms. The summed E-state index contributed by atoms with van der Waals surface area (Å²) in [6.45, 7) is 6.30. The summed E-state index contributed by atoms with van der Waals surface area (Å²) >= 11 is 1.53. The van der Waals surface area contributed by atoms with Crippen LogP contribution in [0, 0.1) is 11.3 Å². The highest BCUT2D eigenvalue weighted by molar-refractivity contribution is 7.15. The SMILES string of the molecule is CC(C)(C)c1nc(-c2cnccn2)sc1CC#N. The maximum absolute atomic E-state index is 8.89. The van der Waals surface area contributed by atoms with Gasteiger partial charge in [0, 0.05) is 22.7 Å². The van der Waals surface area contributed by atoms with Crippen molar-refractivity contribution >= 4 is 11.3 Å². The van der Waals surface area contributed by atoms with Gasteiger partial charge >= 0.3 is 0 Å². The van der Waals surface area contributed by atoms with Gasteiger partial charge in [-0.3, -0.25) is 9.97 Å². The summed E-state index contributed by atoms with van der Waals surface area (Å²) in [5.74, 6) is 0. The molecule has 0 aromatic carbocycles. The first-order valence-corrected chi connectivity index (χ1v) is 6.47. The molecule has 0 N–H and O–H groups in total. The standard InChI is InChI=1S/C13H14N4S/c1-13(2,3)11-10(4-5-14)18-12(17-11)9-8-15-6-7-16-9/h6-8H,4H2,1-3H3. The molecule has 5 heteroatoms. The van der Waals surface area contributed by atoms with E-state index in [9.17, 15) is 0 Å². The highest BCUT2D eigenvalue weighted by Gasteiger charge is 2.23. The summed E-state index contributed by atoms with van der Waals surface area (Å²) in [6.07, 6.45) is 5.38. The Balaban J connectivity index is 2.50. The van der Waals surface area contributed by atoms with Crippen LogP contribution >= 0.6 is 11.3 Å². The molecule has 0 saturated carbocycles. The lowest BCUT2D eigenvalue weighted by molar-refractivity contribution is 0.568. The van der Waals surface area contributed by atoms with Crippen molar-refractivity contribution in [3.63, 3.8) is 0 Å². The van der Waals surface area contributed by atoms with Gasteiger partial charge in [-0.2, -0.15) is 5.26 Å². The van der Waals surface area contributed by atoms with E-state index in [4.69, 9.17) is 5.26 Å². The molecule has 2 aromatic heterocycles. The fraction of sp³-hybridized carbons (Fsp3) is 0.385. The highest BCUT2D eigenvalue weighted by atomic mass is 32.1. The van der Waals surface area contributed by atoms with Crippen LogP contribution in [-0.2, 0) is 11.8 Å². The molecule has 18 heavy (non-hydrogen) atoms. The van der Waals surface area contributed by atoms with Crippen molar-refractivity contribution in [3.8, 4) is 16.8 Å². The molecule has 0 bridgehead atoms. The lowest BCUT2D eigenvalue weighted by Gasteiger charge is -2.16. The summed E-state index contributed by atoms with van der Waals surface area (Å²) in [6, 6.07) is 2.20. The third kappa shape index (κ3) is 2.54. The Bertz CT molecular complexity index is 575. The Morgan fingerprint density at radius 1 is 1.33 bits per heavy atom. The molecule has 4 nitrogen and oxygen atoms in total. The molecule has 0 aliphatic rings. The monoisotopic (exact) mass is 258 g/mol. The number of hydrogen-bond acceptors (Lipinski definition) is 5. The third-order valence-electron chi connectivity index (χ3n) is 2.43. The van der Waals surface area contributed by atoms with E-state index in [1.54, 1.807) is 18.6 Å². The van der Waals surface area contributed by atoms with Crippen molar-refractivity contribution in [1.82, 2.24) is 15.0 Å². The minimum Gasteiger partial charge on any atom is -0.261 e. The van der Waals surface area contributed by atoms with Crippen molar-refractivity contribution < 1.29 is 0 Å². The van der Waals surface area contributed by atoms with E-state index in [1.807, 2.05) is 0 Å². The van der Waals surface area contributed by atoms with Gasteiger partial charge in [-0.25, -0.2) is 4.98 Å². The Kier molecular flexibility index (Phi) is 3.39. The van der Waals surface area contributed by atoms with Crippen LogP contribution in [0.4, 0.5) is 0 Å². The Morgan fingerprint density at radius 3 is 2.67 bits per heavy atom. The van der Waals surface area contributed by atoms with Crippen LogP contribution in [-0.4, -0.2) is 15.0 Å². The lowest BCUT2D eigenvalue weighted by Crippen LogP contribution is -2.13. The van der Waals surface area contributed by atoms with Gasteiger partial charge < -0.3 is 0 Å². The van der Waals surface area contributed by atoms with Crippen molar-refractivity contribution in [2.45, 2.75) is 32.6 Å². The number of nitrogens with zero attached hydrogens (tertiary/aromatic N) is 4. The second-order valence-corrected chi connectivity index (χ2v) is 6.05. The van der Waals surface area contributed by atoms with E-state index in [2.05, 4.69) is 41.8 Å². The first-order chi connectivity index (χ1) is 8.52. The number of thiazole rings is 1. The Hall–Kier alpha value is -1.80. The normalized spacial score (nSPS) is 11.2. The van der Waals surface area contributed by atoms with Crippen molar-refractivity contribution in [2.75, 3.05) is 0 Å². The van der Waals surface area contributed by atoms with Crippen LogP contribution in [0.2, 0.25) is 0 Å². The molecule has 2 heterocycles. The predicted octanol–water partition coefficient (Wildman–Crippen LogP) is 2.96. The number of hydrogen-bond donors (Lipinski definition) is 0. The van der Waals surface area contributed by atoms with Crippen LogP contribution in [0.1, 0.15) is 31.3 Å². The summed E-state index contributed by atoms with van der Waals surface area (Å²) in [4.78, 5) is 13.9. The average molecular weight is 258 g/mol. The summed E-state index contributed by atoms with van der Waals surface area (Å²) in [5, 5.41) is 9.72. The molecule has 0 atom stereocenters. The van der Waals surface area contributed by atoms with Crippen molar-refractivity contribution in [1.29, 1.82) is 5.26 Å². The van der Waals surface area contributed by atoms with E-state index >= 15 is 0 Å². The summed E-state index contributed by atoms with van der Waals surface area (Å²) in [5.41, 5.74) is 1.68. The van der Waals surface area contributed by atoms with Gasteiger partial charge in [-0.05, 0) is 0 Å². The number of nitriles is 1. The van der Waals surface area contributed by atoms with Gasteiger partial charge in [-0.1, -0.05) is 20.8 Å². The van der Waals surface area contributed by atoms with Crippen LogP contribution in [0.5, 0.6) is 0 Å². The van der Waals surface area contributed by atoms with Crippen LogP contribution in [0.25, 0.3) is 10.7 Å². The Labute approximate surface area is 110 Å². The van der Waals surface area contributed by atoms with Gasteiger partial charge in [0.1, 0.15) is 10.7 Å². The molecular formula is C13H14N4S. The highest BCUT2D eigenvalue weighted by Crippen LogP contribution is 2.33. The predicted molar refractivity (Wildman–Crippen MR) is 71.2 cm³/mol. The fourth-order valence-electron chi connectivity index (χ4n) is 1.65. The second kappa shape index (κ2) is 4.83. The van der Waals surface area contributed by atoms with E-state index in [0.29, 0.717) is 6.42 Å². The average Bonchev–Trinajstić information content (AvgIpc) is 2.75. The van der Waals surface area contributed by atoms with Crippen LogP contribution < -0.4 is 0 Å².